The molecule has 2 rings (SSSR count). The third kappa shape index (κ3) is 5.33. The quantitative estimate of drug-likeness (QED) is 0.740. The van der Waals surface area contributed by atoms with Gasteiger partial charge < -0.3 is 14.8 Å². The van der Waals surface area contributed by atoms with Gasteiger partial charge in [-0.05, 0) is 37.7 Å². The highest BCUT2D eigenvalue weighted by Gasteiger charge is 2.21. The van der Waals surface area contributed by atoms with E-state index in [1.54, 1.807) is 7.11 Å². The van der Waals surface area contributed by atoms with Crippen LogP contribution in [0.3, 0.4) is 0 Å². The predicted octanol–water partition coefficient (Wildman–Crippen LogP) is 3.77. The monoisotopic (exact) mass is 291 g/mol. The highest BCUT2D eigenvalue weighted by atomic mass is 16.5. The zero-order valence-corrected chi connectivity index (χ0v) is 13.4. The van der Waals surface area contributed by atoms with E-state index >= 15 is 0 Å². The normalized spacial score (nSPS) is 22.2. The van der Waals surface area contributed by atoms with Crippen molar-refractivity contribution >= 4 is 0 Å². The van der Waals surface area contributed by atoms with Crippen LogP contribution < -0.4 is 10.1 Å². The van der Waals surface area contributed by atoms with Crippen molar-refractivity contribution in [1.82, 2.24) is 5.32 Å². The summed E-state index contributed by atoms with van der Waals surface area (Å²) in [5.41, 5.74) is 1.24. The number of rotatable bonds is 8. The summed E-state index contributed by atoms with van der Waals surface area (Å²) in [7, 11) is 1.73. The molecular weight excluding hydrogens is 262 g/mol. The van der Waals surface area contributed by atoms with Gasteiger partial charge in [-0.3, -0.25) is 0 Å². The molecule has 3 heteroatoms. The lowest BCUT2D eigenvalue weighted by atomic mass is 9.86. The Kier molecular flexibility index (Phi) is 7.04. The fraction of sp³-hybridized carbons (Fsp3) is 0.667. The van der Waals surface area contributed by atoms with E-state index in [9.17, 15) is 0 Å². The van der Waals surface area contributed by atoms with E-state index in [0.29, 0.717) is 6.10 Å². The highest BCUT2D eigenvalue weighted by molar-refractivity contribution is 5.33. The van der Waals surface area contributed by atoms with Crippen molar-refractivity contribution < 1.29 is 9.47 Å². The maximum atomic E-state index is 6.27. The van der Waals surface area contributed by atoms with Crippen LogP contribution in [0.15, 0.2) is 24.3 Å². The van der Waals surface area contributed by atoms with Crippen LogP contribution in [-0.4, -0.2) is 26.4 Å². The summed E-state index contributed by atoms with van der Waals surface area (Å²) in [5, 5.41) is 3.39. The molecule has 1 aromatic rings. The first kappa shape index (κ1) is 16.3. The lowest BCUT2D eigenvalue weighted by molar-refractivity contribution is 0.128. The lowest BCUT2D eigenvalue weighted by Crippen LogP contribution is -2.25. The van der Waals surface area contributed by atoms with E-state index < -0.39 is 0 Å². The summed E-state index contributed by atoms with van der Waals surface area (Å²) in [6.07, 6.45) is 6.73. The van der Waals surface area contributed by atoms with E-state index in [4.69, 9.17) is 9.47 Å². The van der Waals surface area contributed by atoms with Gasteiger partial charge in [0, 0.05) is 25.8 Å². The van der Waals surface area contributed by atoms with Crippen LogP contribution >= 0.6 is 0 Å². The maximum absolute atomic E-state index is 6.27. The molecule has 0 heterocycles. The van der Waals surface area contributed by atoms with E-state index in [1.807, 2.05) is 0 Å². The smallest absolute Gasteiger partial charge is 0.124 e. The second-order valence-electron chi connectivity index (χ2n) is 5.95. The van der Waals surface area contributed by atoms with Crippen molar-refractivity contribution in [2.75, 3.05) is 20.3 Å². The zero-order valence-electron chi connectivity index (χ0n) is 13.4. The van der Waals surface area contributed by atoms with Gasteiger partial charge in [-0.15, -0.1) is 0 Å². The molecule has 1 fully saturated rings. The number of nitrogens with one attached hydrogen (secondary N) is 1. The molecule has 0 aliphatic heterocycles. The summed E-state index contributed by atoms with van der Waals surface area (Å²) in [5.74, 6) is 1.96. The largest absolute Gasteiger partial charge is 0.490 e. The maximum Gasteiger partial charge on any atom is 0.124 e. The second-order valence-corrected chi connectivity index (χ2v) is 5.95. The molecule has 3 nitrogen and oxygen atoms in total. The van der Waals surface area contributed by atoms with Gasteiger partial charge in [0.15, 0.2) is 0 Å². The van der Waals surface area contributed by atoms with Crippen molar-refractivity contribution in [3.63, 3.8) is 0 Å². The Morgan fingerprint density at radius 3 is 2.62 bits per heavy atom. The summed E-state index contributed by atoms with van der Waals surface area (Å²) in [6, 6.07) is 8.38. The third-order valence-electron chi connectivity index (χ3n) is 4.44. The molecule has 0 aromatic heterocycles. The lowest BCUT2D eigenvalue weighted by Gasteiger charge is -2.29. The molecule has 1 saturated carbocycles. The minimum absolute atomic E-state index is 0.396. The Bertz CT molecular complexity index is 400. The number of methoxy groups -OCH3 is 1. The molecule has 1 aliphatic carbocycles. The molecule has 0 atom stereocenters. The van der Waals surface area contributed by atoms with Crippen molar-refractivity contribution in [3.8, 4) is 5.75 Å². The minimum atomic E-state index is 0.396. The number of benzene rings is 1. The molecule has 21 heavy (non-hydrogen) atoms. The van der Waals surface area contributed by atoms with Crippen LogP contribution in [0, 0.1) is 5.92 Å². The number of para-hydroxylation sites is 1. The molecule has 0 saturated heterocycles. The van der Waals surface area contributed by atoms with Crippen LogP contribution in [-0.2, 0) is 11.3 Å². The molecular formula is C18H29NO2. The summed E-state index contributed by atoms with van der Waals surface area (Å²) in [4.78, 5) is 0. The first-order chi connectivity index (χ1) is 10.3. The molecule has 0 unspecified atom stereocenters. The average molecular weight is 291 g/mol. The van der Waals surface area contributed by atoms with Gasteiger partial charge in [0.05, 0.1) is 12.7 Å². The van der Waals surface area contributed by atoms with Gasteiger partial charge in [0.1, 0.15) is 5.75 Å². The minimum Gasteiger partial charge on any atom is -0.490 e. The third-order valence-corrected chi connectivity index (χ3v) is 4.44. The Morgan fingerprint density at radius 1 is 1.14 bits per heavy atom. The molecule has 0 spiro atoms. The molecule has 1 aromatic carbocycles. The van der Waals surface area contributed by atoms with Gasteiger partial charge in [-0.1, -0.05) is 31.5 Å². The molecule has 118 valence electrons. The predicted molar refractivity (Wildman–Crippen MR) is 86.7 cm³/mol. The van der Waals surface area contributed by atoms with Crippen molar-refractivity contribution in [1.29, 1.82) is 0 Å². The Labute approximate surface area is 129 Å². The first-order valence-electron chi connectivity index (χ1n) is 8.27. The van der Waals surface area contributed by atoms with E-state index in [1.165, 1.54) is 37.7 Å². The molecule has 0 amide bonds. The SMILES string of the molecule is CCC1CCC(Oc2ccccc2CNCCOC)CC1. The number of ether oxygens (including phenoxy) is 2. The van der Waals surface area contributed by atoms with Gasteiger partial charge >= 0.3 is 0 Å². The molecule has 1 aliphatic rings. The van der Waals surface area contributed by atoms with Crippen LogP contribution in [0.2, 0.25) is 0 Å². The van der Waals surface area contributed by atoms with Crippen LogP contribution in [0.5, 0.6) is 5.75 Å². The average Bonchev–Trinajstić information content (AvgIpc) is 2.54. The van der Waals surface area contributed by atoms with Crippen LogP contribution in [0.25, 0.3) is 0 Å². The van der Waals surface area contributed by atoms with Gasteiger partial charge in [-0.25, -0.2) is 0 Å². The Hall–Kier alpha value is -1.06. The molecule has 0 radical (unpaired) electrons. The zero-order chi connectivity index (χ0) is 14.9. The topological polar surface area (TPSA) is 30.5 Å². The summed E-state index contributed by atoms with van der Waals surface area (Å²) >= 11 is 0. The van der Waals surface area contributed by atoms with Crippen LogP contribution in [0.4, 0.5) is 0 Å². The van der Waals surface area contributed by atoms with Gasteiger partial charge in [0.2, 0.25) is 0 Å². The van der Waals surface area contributed by atoms with E-state index in [-0.39, 0.29) is 0 Å². The summed E-state index contributed by atoms with van der Waals surface area (Å²) < 4.78 is 11.3. The van der Waals surface area contributed by atoms with Crippen LogP contribution in [0.1, 0.15) is 44.6 Å². The van der Waals surface area contributed by atoms with E-state index in [2.05, 4.69) is 36.5 Å². The van der Waals surface area contributed by atoms with Crippen molar-refractivity contribution in [2.45, 2.75) is 51.7 Å². The second kappa shape index (κ2) is 9.06. The fourth-order valence-corrected chi connectivity index (χ4v) is 3.00. The first-order valence-corrected chi connectivity index (χ1v) is 8.27. The standard InChI is InChI=1S/C18H29NO2/c1-3-15-8-10-17(11-9-15)21-18-7-5-4-6-16(18)14-19-12-13-20-2/h4-7,15,17,19H,3,8-14H2,1-2H3. The van der Waals surface area contributed by atoms with E-state index in [0.717, 1.165) is 31.4 Å². The van der Waals surface area contributed by atoms with Crippen molar-refractivity contribution in [2.24, 2.45) is 5.92 Å². The summed E-state index contributed by atoms with van der Waals surface area (Å²) in [6.45, 7) is 4.74. The Morgan fingerprint density at radius 2 is 1.90 bits per heavy atom. The highest BCUT2D eigenvalue weighted by Crippen LogP contribution is 2.30. The number of hydrogen-bond donors (Lipinski definition) is 1. The van der Waals surface area contributed by atoms with Gasteiger partial charge in [0.25, 0.3) is 0 Å². The molecule has 0 bridgehead atoms. The Balaban J connectivity index is 1.85. The van der Waals surface area contributed by atoms with Gasteiger partial charge in [-0.2, -0.15) is 0 Å². The number of hydrogen-bond acceptors (Lipinski definition) is 3. The fourth-order valence-electron chi connectivity index (χ4n) is 3.00. The molecule has 1 N–H and O–H groups in total. The van der Waals surface area contributed by atoms with Crippen molar-refractivity contribution in [3.05, 3.63) is 29.8 Å².